The van der Waals surface area contributed by atoms with E-state index in [1.807, 2.05) is 30.5 Å². The lowest BCUT2D eigenvalue weighted by atomic mass is 10.1. The number of methoxy groups -OCH3 is 2. The Hall–Kier alpha value is -2.55. The van der Waals surface area contributed by atoms with Crippen LogP contribution in [0.2, 0.25) is 0 Å². The Labute approximate surface area is 174 Å². The largest absolute Gasteiger partial charge is 0.496 e. The molecule has 1 unspecified atom stereocenters. The Morgan fingerprint density at radius 2 is 1.86 bits per heavy atom. The van der Waals surface area contributed by atoms with Crippen LogP contribution >= 0.6 is 11.8 Å². The zero-order valence-corrected chi connectivity index (χ0v) is 17.8. The second-order valence-corrected chi connectivity index (χ2v) is 7.31. The van der Waals surface area contributed by atoms with E-state index in [4.69, 9.17) is 13.9 Å². The highest BCUT2D eigenvalue weighted by molar-refractivity contribution is 7.98. The van der Waals surface area contributed by atoms with Crippen LogP contribution in [0.4, 0.5) is 0 Å². The SMILES string of the molecule is COC(=O)C(CCSC)NC(=O)CCc1nnc(CCc2ccccc2OC)o1. The summed E-state index contributed by atoms with van der Waals surface area (Å²) in [6, 6.07) is 7.14. The van der Waals surface area contributed by atoms with Crippen molar-refractivity contribution in [3.05, 3.63) is 41.6 Å². The van der Waals surface area contributed by atoms with Gasteiger partial charge in [-0.05, 0) is 36.5 Å². The van der Waals surface area contributed by atoms with Gasteiger partial charge in [0.25, 0.3) is 0 Å². The fraction of sp³-hybridized carbons (Fsp3) is 0.500. The lowest BCUT2D eigenvalue weighted by Gasteiger charge is -2.15. The van der Waals surface area contributed by atoms with Crippen molar-refractivity contribution in [3.63, 3.8) is 0 Å². The zero-order chi connectivity index (χ0) is 21.1. The van der Waals surface area contributed by atoms with Crippen molar-refractivity contribution in [1.29, 1.82) is 0 Å². The van der Waals surface area contributed by atoms with Gasteiger partial charge in [-0.3, -0.25) is 4.79 Å². The molecule has 1 heterocycles. The first kappa shape index (κ1) is 22.7. The number of rotatable bonds is 12. The Balaban J connectivity index is 1.81. The van der Waals surface area contributed by atoms with Gasteiger partial charge >= 0.3 is 5.97 Å². The van der Waals surface area contributed by atoms with Gasteiger partial charge in [-0.1, -0.05) is 18.2 Å². The van der Waals surface area contributed by atoms with Gasteiger partial charge in [-0.25, -0.2) is 4.79 Å². The highest BCUT2D eigenvalue weighted by atomic mass is 32.2. The Kier molecular flexibility index (Phi) is 9.49. The van der Waals surface area contributed by atoms with E-state index in [0.717, 1.165) is 17.1 Å². The molecule has 0 spiro atoms. The third-order valence-corrected chi connectivity index (χ3v) is 4.95. The fourth-order valence-corrected chi connectivity index (χ4v) is 3.23. The van der Waals surface area contributed by atoms with E-state index in [9.17, 15) is 9.59 Å². The molecule has 9 heteroatoms. The number of nitrogens with zero attached hydrogens (tertiary/aromatic N) is 2. The van der Waals surface area contributed by atoms with Crippen LogP contribution in [0, 0.1) is 0 Å². The van der Waals surface area contributed by atoms with E-state index in [1.165, 1.54) is 7.11 Å². The van der Waals surface area contributed by atoms with Gasteiger partial charge in [0.05, 0.1) is 14.2 Å². The molecule has 1 amide bonds. The van der Waals surface area contributed by atoms with Crippen LogP contribution in [0.3, 0.4) is 0 Å². The summed E-state index contributed by atoms with van der Waals surface area (Å²) in [5.74, 6) is 1.79. The summed E-state index contributed by atoms with van der Waals surface area (Å²) in [7, 11) is 2.95. The summed E-state index contributed by atoms with van der Waals surface area (Å²) in [5.41, 5.74) is 1.06. The second kappa shape index (κ2) is 12.1. The Morgan fingerprint density at radius 3 is 2.55 bits per heavy atom. The van der Waals surface area contributed by atoms with Crippen molar-refractivity contribution in [2.45, 2.75) is 38.1 Å². The number of aromatic nitrogens is 2. The topological polar surface area (TPSA) is 104 Å². The van der Waals surface area contributed by atoms with Gasteiger partial charge in [-0.15, -0.1) is 10.2 Å². The van der Waals surface area contributed by atoms with E-state index in [0.29, 0.717) is 37.5 Å². The van der Waals surface area contributed by atoms with Crippen molar-refractivity contribution in [3.8, 4) is 5.75 Å². The molecule has 0 aliphatic heterocycles. The minimum Gasteiger partial charge on any atom is -0.496 e. The van der Waals surface area contributed by atoms with Gasteiger partial charge in [-0.2, -0.15) is 11.8 Å². The molecule has 1 aromatic carbocycles. The minimum absolute atomic E-state index is 0.154. The number of ether oxygens (including phenoxy) is 2. The summed E-state index contributed by atoms with van der Waals surface area (Å²) in [5, 5.41) is 10.8. The molecule has 0 aliphatic rings. The van der Waals surface area contributed by atoms with E-state index >= 15 is 0 Å². The number of esters is 1. The number of nitrogens with one attached hydrogen (secondary N) is 1. The molecule has 158 valence electrons. The minimum atomic E-state index is -0.640. The average Bonchev–Trinajstić information content (AvgIpc) is 3.21. The molecular weight excluding hydrogens is 394 g/mol. The molecule has 1 atom stereocenters. The van der Waals surface area contributed by atoms with Gasteiger partial charge in [0.15, 0.2) is 0 Å². The van der Waals surface area contributed by atoms with Crippen LogP contribution in [0.5, 0.6) is 5.75 Å². The maximum absolute atomic E-state index is 12.2. The lowest BCUT2D eigenvalue weighted by Crippen LogP contribution is -2.42. The first-order valence-electron chi connectivity index (χ1n) is 9.36. The van der Waals surface area contributed by atoms with Crippen LogP contribution in [0.25, 0.3) is 0 Å². The molecule has 2 rings (SSSR count). The summed E-state index contributed by atoms with van der Waals surface area (Å²) in [4.78, 5) is 23.9. The highest BCUT2D eigenvalue weighted by Gasteiger charge is 2.21. The van der Waals surface area contributed by atoms with Gasteiger partial charge in [0.1, 0.15) is 11.8 Å². The molecule has 8 nitrogen and oxygen atoms in total. The molecule has 0 aliphatic carbocycles. The van der Waals surface area contributed by atoms with E-state index < -0.39 is 12.0 Å². The third-order valence-electron chi connectivity index (χ3n) is 4.31. The summed E-state index contributed by atoms with van der Waals surface area (Å²) in [6.07, 6.45) is 4.22. The maximum Gasteiger partial charge on any atom is 0.328 e. The molecule has 1 aromatic heterocycles. The summed E-state index contributed by atoms with van der Waals surface area (Å²) >= 11 is 1.60. The number of aryl methyl sites for hydroxylation is 3. The van der Waals surface area contributed by atoms with Crippen molar-refractivity contribution < 1.29 is 23.5 Å². The molecular formula is C20H27N3O5S. The predicted octanol–water partition coefficient (Wildman–Crippen LogP) is 2.21. The predicted molar refractivity (Wildman–Crippen MR) is 110 cm³/mol. The first-order valence-corrected chi connectivity index (χ1v) is 10.8. The lowest BCUT2D eigenvalue weighted by molar-refractivity contribution is -0.145. The van der Waals surface area contributed by atoms with Crippen molar-refractivity contribution in [2.24, 2.45) is 0 Å². The first-order chi connectivity index (χ1) is 14.1. The van der Waals surface area contributed by atoms with Crippen LogP contribution in [0.1, 0.15) is 30.2 Å². The van der Waals surface area contributed by atoms with Gasteiger partial charge in [0, 0.05) is 19.3 Å². The van der Waals surface area contributed by atoms with E-state index in [2.05, 4.69) is 15.5 Å². The van der Waals surface area contributed by atoms with Crippen molar-refractivity contribution in [2.75, 3.05) is 26.2 Å². The second-order valence-electron chi connectivity index (χ2n) is 6.33. The summed E-state index contributed by atoms with van der Waals surface area (Å²) in [6.45, 7) is 0. The molecule has 0 fully saturated rings. The number of hydrogen-bond donors (Lipinski definition) is 1. The number of para-hydroxylation sites is 1. The average molecular weight is 422 g/mol. The standard InChI is InChI=1S/C20H27N3O5S/c1-26-16-7-5-4-6-14(16)8-10-18-22-23-19(28-18)11-9-17(24)21-15(12-13-29-3)20(25)27-2/h4-7,15H,8-13H2,1-3H3,(H,21,24). The number of carbonyl (C=O) groups is 2. The normalized spacial score (nSPS) is 11.7. The monoisotopic (exact) mass is 421 g/mol. The maximum atomic E-state index is 12.2. The van der Waals surface area contributed by atoms with E-state index in [-0.39, 0.29) is 12.3 Å². The quantitative estimate of drug-likeness (QED) is 0.520. The zero-order valence-electron chi connectivity index (χ0n) is 17.0. The van der Waals surface area contributed by atoms with Crippen LogP contribution < -0.4 is 10.1 Å². The number of thioether (sulfide) groups is 1. The molecule has 0 saturated carbocycles. The molecule has 1 N–H and O–H groups in total. The number of hydrogen-bond acceptors (Lipinski definition) is 8. The van der Waals surface area contributed by atoms with E-state index in [1.54, 1.807) is 18.9 Å². The molecule has 2 aromatic rings. The summed E-state index contributed by atoms with van der Waals surface area (Å²) < 4.78 is 15.7. The smallest absolute Gasteiger partial charge is 0.328 e. The van der Waals surface area contributed by atoms with Gasteiger partial charge < -0.3 is 19.2 Å². The molecule has 0 bridgehead atoms. The molecule has 0 saturated heterocycles. The molecule has 0 radical (unpaired) electrons. The third kappa shape index (κ3) is 7.41. The van der Waals surface area contributed by atoms with Crippen molar-refractivity contribution >= 4 is 23.6 Å². The number of amides is 1. The molecule has 29 heavy (non-hydrogen) atoms. The number of carbonyl (C=O) groups excluding carboxylic acids is 2. The fourth-order valence-electron chi connectivity index (χ4n) is 2.76. The Bertz CT molecular complexity index is 796. The van der Waals surface area contributed by atoms with Crippen LogP contribution in [-0.2, 0) is 33.6 Å². The van der Waals surface area contributed by atoms with Crippen LogP contribution in [-0.4, -0.2) is 54.3 Å². The van der Waals surface area contributed by atoms with Crippen LogP contribution in [0.15, 0.2) is 28.7 Å². The van der Waals surface area contributed by atoms with Gasteiger partial charge in [0.2, 0.25) is 17.7 Å². The van der Waals surface area contributed by atoms with Crippen molar-refractivity contribution in [1.82, 2.24) is 15.5 Å². The number of benzene rings is 1. The Morgan fingerprint density at radius 1 is 1.14 bits per heavy atom. The highest BCUT2D eigenvalue weighted by Crippen LogP contribution is 2.19.